The summed E-state index contributed by atoms with van der Waals surface area (Å²) in [6.45, 7) is -0.435. The Balaban J connectivity index is 2.42. The Morgan fingerprint density at radius 3 is 2.61 bits per heavy atom. The van der Waals surface area contributed by atoms with E-state index in [1.165, 1.54) is 6.20 Å². The zero-order chi connectivity index (χ0) is 13.1. The van der Waals surface area contributed by atoms with Crippen LogP contribution in [0.4, 0.5) is 0 Å². The Labute approximate surface area is 107 Å². The SMILES string of the molecule is O=C(O)CNC(=O)c1cnc(Cl)c2ccccc12. The van der Waals surface area contributed by atoms with Gasteiger partial charge < -0.3 is 10.4 Å². The number of aliphatic carboxylic acids is 1. The number of hydrogen-bond donors (Lipinski definition) is 2. The summed E-state index contributed by atoms with van der Waals surface area (Å²) in [5.74, 6) is -1.59. The van der Waals surface area contributed by atoms with Gasteiger partial charge in [0.2, 0.25) is 0 Å². The maximum absolute atomic E-state index is 11.8. The molecule has 1 amide bonds. The number of aromatic nitrogens is 1. The topological polar surface area (TPSA) is 79.3 Å². The standard InChI is InChI=1S/C12H9ClN2O3/c13-11-8-4-2-1-3-7(8)9(5-14-11)12(18)15-6-10(16)17/h1-5H,6H2,(H,15,18)(H,16,17). The van der Waals surface area contributed by atoms with E-state index in [1.807, 2.05) is 0 Å². The summed E-state index contributed by atoms with van der Waals surface area (Å²) >= 11 is 5.92. The first kappa shape index (κ1) is 12.3. The van der Waals surface area contributed by atoms with E-state index in [4.69, 9.17) is 16.7 Å². The van der Waals surface area contributed by atoms with Crippen LogP contribution in [0.3, 0.4) is 0 Å². The van der Waals surface area contributed by atoms with E-state index in [-0.39, 0.29) is 0 Å². The highest BCUT2D eigenvalue weighted by atomic mass is 35.5. The minimum atomic E-state index is -1.10. The van der Waals surface area contributed by atoms with Crippen molar-refractivity contribution >= 4 is 34.2 Å². The summed E-state index contributed by atoms with van der Waals surface area (Å²) < 4.78 is 0. The molecule has 92 valence electrons. The predicted octanol–water partition coefficient (Wildman–Crippen LogP) is 1.70. The van der Waals surface area contributed by atoms with E-state index in [0.717, 1.165) is 0 Å². The van der Waals surface area contributed by atoms with Crippen LogP contribution >= 0.6 is 11.6 Å². The molecule has 0 saturated heterocycles. The largest absolute Gasteiger partial charge is 0.480 e. The van der Waals surface area contributed by atoms with E-state index in [9.17, 15) is 9.59 Å². The predicted molar refractivity (Wildman–Crippen MR) is 66.7 cm³/mol. The first-order valence-electron chi connectivity index (χ1n) is 5.13. The highest BCUT2D eigenvalue weighted by molar-refractivity contribution is 6.34. The molecule has 18 heavy (non-hydrogen) atoms. The molecule has 5 nitrogen and oxygen atoms in total. The van der Waals surface area contributed by atoms with Crippen LogP contribution in [0.15, 0.2) is 30.5 Å². The van der Waals surface area contributed by atoms with Crippen molar-refractivity contribution in [3.63, 3.8) is 0 Å². The van der Waals surface area contributed by atoms with Gasteiger partial charge >= 0.3 is 5.97 Å². The van der Waals surface area contributed by atoms with Crippen molar-refractivity contribution in [1.29, 1.82) is 0 Å². The molecular formula is C12H9ClN2O3. The maximum atomic E-state index is 11.8. The molecule has 0 fully saturated rings. The van der Waals surface area contributed by atoms with Crippen LogP contribution in [-0.4, -0.2) is 28.5 Å². The zero-order valence-corrected chi connectivity index (χ0v) is 9.94. The third-order valence-corrected chi connectivity index (χ3v) is 2.69. The molecule has 2 aromatic rings. The number of hydrogen-bond acceptors (Lipinski definition) is 3. The summed E-state index contributed by atoms with van der Waals surface area (Å²) in [5, 5.41) is 12.4. The molecule has 0 saturated carbocycles. The fourth-order valence-corrected chi connectivity index (χ4v) is 1.80. The van der Waals surface area contributed by atoms with Crippen molar-refractivity contribution in [1.82, 2.24) is 10.3 Å². The van der Waals surface area contributed by atoms with Gasteiger partial charge in [-0.1, -0.05) is 35.9 Å². The van der Waals surface area contributed by atoms with Crippen molar-refractivity contribution < 1.29 is 14.7 Å². The molecular weight excluding hydrogens is 256 g/mol. The van der Waals surface area contributed by atoms with Crippen LogP contribution in [-0.2, 0) is 4.79 Å². The number of carboxylic acid groups (broad SMARTS) is 1. The number of carboxylic acids is 1. The number of pyridine rings is 1. The van der Waals surface area contributed by atoms with Gasteiger partial charge in [-0.3, -0.25) is 9.59 Å². The average Bonchev–Trinajstić information content (AvgIpc) is 2.37. The van der Waals surface area contributed by atoms with Crippen LogP contribution < -0.4 is 5.32 Å². The highest BCUT2D eigenvalue weighted by Gasteiger charge is 2.13. The van der Waals surface area contributed by atoms with E-state index in [2.05, 4.69) is 10.3 Å². The van der Waals surface area contributed by atoms with E-state index < -0.39 is 18.4 Å². The first-order valence-corrected chi connectivity index (χ1v) is 5.50. The van der Waals surface area contributed by atoms with Crippen LogP contribution in [0.25, 0.3) is 10.8 Å². The molecule has 0 atom stereocenters. The molecule has 6 heteroatoms. The molecule has 0 aliphatic heterocycles. The van der Waals surface area contributed by atoms with Crippen molar-refractivity contribution in [2.75, 3.05) is 6.54 Å². The van der Waals surface area contributed by atoms with E-state index >= 15 is 0 Å². The quantitative estimate of drug-likeness (QED) is 0.827. The smallest absolute Gasteiger partial charge is 0.322 e. The molecule has 0 bridgehead atoms. The number of nitrogens with zero attached hydrogens (tertiary/aromatic N) is 1. The van der Waals surface area contributed by atoms with Gasteiger partial charge in [-0.25, -0.2) is 4.98 Å². The van der Waals surface area contributed by atoms with Gasteiger partial charge in [0.15, 0.2) is 0 Å². The van der Waals surface area contributed by atoms with Gasteiger partial charge in [0.1, 0.15) is 11.7 Å². The molecule has 0 aliphatic rings. The van der Waals surface area contributed by atoms with Crippen molar-refractivity contribution in [2.45, 2.75) is 0 Å². The fraction of sp³-hybridized carbons (Fsp3) is 0.0833. The van der Waals surface area contributed by atoms with E-state index in [0.29, 0.717) is 21.5 Å². The molecule has 0 aliphatic carbocycles. The highest BCUT2D eigenvalue weighted by Crippen LogP contribution is 2.23. The lowest BCUT2D eigenvalue weighted by atomic mass is 10.1. The van der Waals surface area contributed by atoms with Crippen LogP contribution in [0.5, 0.6) is 0 Å². The van der Waals surface area contributed by atoms with Crippen molar-refractivity contribution in [3.8, 4) is 0 Å². The third kappa shape index (κ3) is 2.41. The minimum absolute atomic E-state index is 0.302. The Morgan fingerprint density at radius 2 is 1.94 bits per heavy atom. The molecule has 0 radical (unpaired) electrons. The van der Waals surface area contributed by atoms with Gasteiger partial charge in [0.25, 0.3) is 5.91 Å². The second-order valence-corrected chi connectivity index (χ2v) is 3.94. The first-order chi connectivity index (χ1) is 8.59. The van der Waals surface area contributed by atoms with E-state index in [1.54, 1.807) is 24.3 Å². The Bertz CT molecular complexity index is 628. The Kier molecular flexibility index (Phi) is 3.43. The van der Waals surface area contributed by atoms with Gasteiger partial charge in [-0.05, 0) is 5.39 Å². The summed E-state index contributed by atoms with van der Waals surface area (Å²) in [5.41, 5.74) is 0.302. The lowest BCUT2D eigenvalue weighted by Gasteiger charge is -2.07. The molecule has 1 heterocycles. The number of benzene rings is 1. The second kappa shape index (κ2) is 5.01. The summed E-state index contributed by atoms with van der Waals surface area (Å²) in [7, 11) is 0. The Hall–Kier alpha value is -2.14. The normalized spacial score (nSPS) is 10.3. The monoisotopic (exact) mass is 264 g/mol. The zero-order valence-electron chi connectivity index (χ0n) is 9.18. The van der Waals surface area contributed by atoms with Gasteiger partial charge in [0, 0.05) is 11.6 Å². The van der Waals surface area contributed by atoms with Crippen LogP contribution in [0.1, 0.15) is 10.4 Å². The lowest BCUT2D eigenvalue weighted by molar-refractivity contribution is -0.135. The van der Waals surface area contributed by atoms with Crippen LogP contribution in [0.2, 0.25) is 5.15 Å². The van der Waals surface area contributed by atoms with Gasteiger partial charge in [-0.15, -0.1) is 0 Å². The van der Waals surface area contributed by atoms with Gasteiger partial charge in [0.05, 0.1) is 5.56 Å². The number of amides is 1. The summed E-state index contributed by atoms with van der Waals surface area (Å²) in [6, 6.07) is 7.04. The number of rotatable bonds is 3. The molecule has 2 N–H and O–H groups in total. The lowest BCUT2D eigenvalue weighted by Crippen LogP contribution is -2.29. The minimum Gasteiger partial charge on any atom is -0.480 e. The van der Waals surface area contributed by atoms with Crippen LogP contribution in [0, 0.1) is 0 Å². The number of carbonyl (C=O) groups is 2. The third-order valence-electron chi connectivity index (χ3n) is 2.39. The molecule has 0 unspecified atom stereocenters. The van der Waals surface area contributed by atoms with Crippen molar-refractivity contribution in [2.24, 2.45) is 0 Å². The Morgan fingerprint density at radius 1 is 1.28 bits per heavy atom. The molecule has 1 aromatic carbocycles. The molecule has 1 aromatic heterocycles. The second-order valence-electron chi connectivity index (χ2n) is 3.58. The summed E-state index contributed by atoms with van der Waals surface area (Å²) in [4.78, 5) is 26.1. The number of halogens is 1. The summed E-state index contributed by atoms with van der Waals surface area (Å²) in [6.07, 6.45) is 1.34. The fourth-order valence-electron chi connectivity index (χ4n) is 1.59. The number of nitrogens with one attached hydrogen (secondary N) is 1. The molecule has 0 spiro atoms. The molecule has 2 rings (SSSR count). The maximum Gasteiger partial charge on any atom is 0.322 e. The number of fused-ring (bicyclic) bond motifs is 1. The number of carbonyl (C=O) groups excluding carboxylic acids is 1. The average molecular weight is 265 g/mol. The van der Waals surface area contributed by atoms with Crippen molar-refractivity contribution in [3.05, 3.63) is 41.2 Å². The van der Waals surface area contributed by atoms with Gasteiger partial charge in [-0.2, -0.15) is 0 Å².